The summed E-state index contributed by atoms with van der Waals surface area (Å²) in [4.78, 5) is 4.41. The Morgan fingerprint density at radius 3 is 2.95 bits per heavy atom. The number of ether oxygens (including phenoxy) is 1. The topological polar surface area (TPSA) is 39.1 Å². The lowest BCUT2D eigenvalue weighted by atomic mass is 10.2. The Balaban J connectivity index is 2.13. The predicted molar refractivity (Wildman–Crippen MR) is 77.8 cm³/mol. The van der Waals surface area contributed by atoms with Gasteiger partial charge in [0.2, 0.25) is 5.95 Å². The standard InChI is InChI=1S/C14H17ClFN3O/c1-10-8-19(14(18-10)17-5-6-20-2)9-11-3-4-13(16)12(15)7-11/h3-4,7-8H,5-6,9H2,1-2H3,(H,17,18). The van der Waals surface area contributed by atoms with Crippen LogP contribution in [-0.2, 0) is 11.3 Å². The fourth-order valence-corrected chi connectivity index (χ4v) is 2.11. The third-order valence-corrected chi connectivity index (χ3v) is 3.11. The van der Waals surface area contributed by atoms with Crippen LogP contribution in [-0.4, -0.2) is 29.8 Å². The number of aromatic nitrogens is 2. The van der Waals surface area contributed by atoms with Gasteiger partial charge >= 0.3 is 0 Å². The maximum atomic E-state index is 13.1. The summed E-state index contributed by atoms with van der Waals surface area (Å²) >= 11 is 5.80. The minimum atomic E-state index is -0.407. The van der Waals surface area contributed by atoms with Crippen LogP contribution in [0, 0.1) is 12.7 Å². The number of nitrogens with zero attached hydrogens (tertiary/aromatic N) is 2. The normalized spacial score (nSPS) is 10.8. The highest BCUT2D eigenvalue weighted by Crippen LogP contribution is 2.18. The Bertz CT molecular complexity index is 586. The van der Waals surface area contributed by atoms with Gasteiger partial charge in [0.1, 0.15) is 5.82 Å². The summed E-state index contributed by atoms with van der Waals surface area (Å²) < 4.78 is 20.1. The molecule has 4 nitrogen and oxygen atoms in total. The maximum absolute atomic E-state index is 13.1. The van der Waals surface area contributed by atoms with E-state index in [0.29, 0.717) is 19.7 Å². The van der Waals surface area contributed by atoms with Crippen molar-refractivity contribution in [3.63, 3.8) is 0 Å². The lowest BCUT2D eigenvalue weighted by Crippen LogP contribution is -2.12. The second-order valence-electron chi connectivity index (χ2n) is 4.50. The molecule has 0 aliphatic carbocycles. The average Bonchev–Trinajstić information content (AvgIpc) is 2.74. The third-order valence-electron chi connectivity index (χ3n) is 2.82. The summed E-state index contributed by atoms with van der Waals surface area (Å²) in [6, 6.07) is 4.72. The average molecular weight is 298 g/mol. The summed E-state index contributed by atoms with van der Waals surface area (Å²) in [7, 11) is 1.65. The van der Waals surface area contributed by atoms with Gasteiger partial charge in [-0.1, -0.05) is 17.7 Å². The number of benzene rings is 1. The molecule has 0 spiro atoms. The zero-order chi connectivity index (χ0) is 14.5. The summed E-state index contributed by atoms with van der Waals surface area (Å²) in [6.45, 7) is 3.79. The highest BCUT2D eigenvalue weighted by molar-refractivity contribution is 6.30. The molecule has 1 aromatic heterocycles. The summed E-state index contributed by atoms with van der Waals surface area (Å²) in [5.74, 6) is 0.357. The van der Waals surface area contributed by atoms with Crippen molar-refractivity contribution in [1.29, 1.82) is 0 Å². The number of methoxy groups -OCH3 is 1. The van der Waals surface area contributed by atoms with Crippen LogP contribution in [0.3, 0.4) is 0 Å². The molecule has 1 heterocycles. The molecule has 1 N–H and O–H groups in total. The number of hydrogen-bond acceptors (Lipinski definition) is 3. The Morgan fingerprint density at radius 2 is 2.25 bits per heavy atom. The van der Waals surface area contributed by atoms with Gasteiger partial charge < -0.3 is 14.6 Å². The van der Waals surface area contributed by atoms with Crippen molar-refractivity contribution < 1.29 is 9.13 Å². The van der Waals surface area contributed by atoms with Crippen molar-refractivity contribution in [1.82, 2.24) is 9.55 Å². The Labute approximate surface area is 122 Å². The van der Waals surface area contributed by atoms with E-state index in [2.05, 4.69) is 10.3 Å². The molecule has 0 aliphatic heterocycles. The van der Waals surface area contributed by atoms with Gasteiger partial charge in [-0.25, -0.2) is 9.37 Å². The van der Waals surface area contributed by atoms with Gasteiger partial charge in [0.25, 0.3) is 0 Å². The van der Waals surface area contributed by atoms with Crippen LogP contribution in [0.5, 0.6) is 0 Å². The minimum Gasteiger partial charge on any atom is -0.383 e. The SMILES string of the molecule is COCCNc1nc(C)cn1Cc1ccc(F)c(Cl)c1. The molecule has 0 aliphatic rings. The minimum absolute atomic E-state index is 0.133. The lowest BCUT2D eigenvalue weighted by Gasteiger charge is -2.10. The zero-order valence-corrected chi connectivity index (χ0v) is 12.2. The van der Waals surface area contributed by atoms with Crippen molar-refractivity contribution in [3.05, 3.63) is 46.5 Å². The first-order valence-corrected chi connectivity index (χ1v) is 6.68. The first kappa shape index (κ1) is 14.8. The Hall–Kier alpha value is -1.59. The Kier molecular flexibility index (Phi) is 4.98. The molecule has 2 aromatic rings. The number of rotatable bonds is 6. The fraction of sp³-hybridized carbons (Fsp3) is 0.357. The van der Waals surface area contributed by atoms with Crippen molar-refractivity contribution >= 4 is 17.5 Å². The second kappa shape index (κ2) is 6.72. The molecular weight excluding hydrogens is 281 g/mol. The molecule has 20 heavy (non-hydrogen) atoms. The van der Waals surface area contributed by atoms with Crippen LogP contribution in [0.2, 0.25) is 5.02 Å². The van der Waals surface area contributed by atoms with E-state index in [4.69, 9.17) is 16.3 Å². The van der Waals surface area contributed by atoms with E-state index in [1.54, 1.807) is 19.2 Å². The molecule has 1 aromatic carbocycles. The largest absolute Gasteiger partial charge is 0.383 e. The van der Waals surface area contributed by atoms with Crippen molar-refractivity contribution in [2.24, 2.45) is 0 Å². The van der Waals surface area contributed by atoms with Crippen molar-refractivity contribution in [2.45, 2.75) is 13.5 Å². The van der Waals surface area contributed by atoms with E-state index >= 15 is 0 Å². The van der Waals surface area contributed by atoms with Crippen molar-refractivity contribution in [3.8, 4) is 0 Å². The van der Waals surface area contributed by atoms with Crippen LogP contribution >= 0.6 is 11.6 Å². The monoisotopic (exact) mass is 297 g/mol. The quantitative estimate of drug-likeness (QED) is 0.833. The van der Waals surface area contributed by atoms with Gasteiger partial charge in [-0.3, -0.25) is 0 Å². The smallest absolute Gasteiger partial charge is 0.203 e. The molecule has 0 atom stereocenters. The van der Waals surface area contributed by atoms with E-state index in [9.17, 15) is 4.39 Å². The van der Waals surface area contributed by atoms with Gasteiger partial charge in [0.05, 0.1) is 23.9 Å². The van der Waals surface area contributed by atoms with Crippen molar-refractivity contribution in [2.75, 3.05) is 25.6 Å². The number of anilines is 1. The summed E-state index contributed by atoms with van der Waals surface area (Å²) in [6.07, 6.45) is 1.94. The zero-order valence-electron chi connectivity index (χ0n) is 11.5. The number of nitrogens with one attached hydrogen (secondary N) is 1. The van der Waals surface area contributed by atoms with Crippen LogP contribution < -0.4 is 5.32 Å². The van der Waals surface area contributed by atoms with Gasteiger partial charge in [-0.15, -0.1) is 0 Å². The van der Waals surface area contributed by atoms with Gasteiger partial charge in [0.15, 0.2) is 0 Å². The van der Waals surface area contributed by atoms with Crippen LogP contribution in [0.15, 0.2) is 24.4 Å². The van der Waals surface area contributed by atoms with Gasteiger partial charge in [0, 0.05) is 19.9 Å². The molecule has 0 unspecified atom stereocenters. The van der Waals surface area contributed by atoms with Gasteiger partial charge in [-0.2, -0.15) is 0 Å². The van der Waals surface area contributed by atoms with E-state index in [1.807, 2.05) is 17.7 Å². The summed E-state index contributed by atoms with van der Waals surface area (Å²) in [5, 5.41) is 3.33. The molecule has 0 amide bonds. The molecule has 2 rings (SSSR count). The number of imidazole rings is 1. The third kappa shape index (κ3) is 3.71. The van der Waals surface area contributed by atoms with Crippen LogP contribution in [0.25, 0.3) is 0 Å². The number of aryl methyl sites for hydroxylation is 1. The first-order valence-electron chi connectivity index (χ1n) is 6.30. The molecule has 0 saturated heterocycles. The molecule has 0 radical (unpaired) electrons. The lowest BCUT2D eigenvalue weighted by molar-refractivity contribution is 0.210. The van der Waals surface area contributed by atoms with Gasteiger partial charge in [-0.05, 0) is 24.6 Å². The van der Waals surface area contributed by atoms with E-state index in [1.165, 1.54) is 6.07 Å². The van der Waals surface area contributed by atoms with E-state index < -0.39 is 5.82 Å². The molecule has 6 heteroatoms. The predicted octanol–water partition coefficient (Wildman–Crippen LogP) is 3.09. The van der Waals surface area contributed by atoms with Crippen LogP contribution in [0.4, 0.5) is 10.3 Å². The Morgan fingerprint density at radius 1 is 1.45 bits per heavy atom. The summed E-state index contributed by atoms with van der Waals surface area (Å²) in [5.41, 5.74) is 1.83. The molecular formula is C14H17ClFN3O. The number of hydrogen-bond donors (Lipinski definition) is 1. The second-order valence-corrected chi connectivity index (χ2v) is 4.91. The first-order chi connectivity index (χ1) is 9.60. The van der Waals surface area contributed by atoms with E-state index in [0.717, 1.165) is 17.2 Å². The number of halogens is 2. The fourth-order valence-electron chi connectivity index (χ4n) is 1.91. The molecule has 0 bridgehead atoms. The molecule has 0 fully saturated rings. The van der Waals surface area contributed by atoms with E-state index in [-0.39, 0.29) is 5.02 Å². The molecule has 108 valence electrons. The highest BCUT2D eigenvalue weighted by Gasteiger charge is 2.07. The van der Waals surface area contributed by atoms with Crippen LogP contribution in [0.1, 0.15) is 11.3 Å². The molecule has 0 saturated carbocycles. The highest BCUT2D eigenvalue weighted by atomic mass is 35.5. The maximum Gasteiger partial charge on any atom is 0.203 e.